The number of rotatable bonds is 14. The molecule has 0 amide bonds. The van der Waals surface area contributed by atoms with Gasteiger partial charge in [0.05, 0.1) is 12.5 Å². The molecule has 0 aliphatic carbocycles. The van der Waals surface area contributed by atoms with Crippen molar-refractivity contribution in [2.75, 3.05) is 26.4 Å². The summed E-state index contributed by atoms with van der Waals surface area (Å²) in [6.45, 7) is 14.4. The summed E-state index contributed by atoms with van der Waals surface area (Å²) in [7, 11) is 0. The van der Waals surface area contributed by atoms with Crippen LogP contribution in [0, 0.1) is 13.8 Å². The molecule has 4 rings (SSSR count). The molecule has 0 bridgehead atoms. The van der Waals surface area contributed by atoms with Gasteiger partial charge in [-0.15, -0.1) is 0 Å². The fourth-order valence-corrected chi connectivity index (χ4v) is 5.43. The smallest absolute Gasteiger partial charge is 0.131 e. The Morgan fingerprint density at radius 1 is 0.535 bits per heavy atom. The Bertz CT molecular complexity index is 1400. The first-order valence-corrected chi connectivity index (χ1v) is 15.0. The van der Waals surface area contributed by atoms with Crippen molar-refractivity contribution >= 4 is 0 Å². The largest absolute Gasteiger partial charge is 0.498 e. The maximum atomic E-state index is 6.63. The van der Waals surface area contributed by atoms with E-state index in [1.54, 1.807) is 12.5 Å². The van der Waals surface area contributed by atoms with Crippen LogP contribution in [0.5, 0.6) is 11.5 Å². The van der Waals surface area contributed by atoms with Crippen molar-refractivity contribution < 1.29 is 18.9 Å². The minimum absolute atomic E-state index is 0.422. The Kier molecular flexibility index (Phi) is 11.1. The van der Waals surface area contributed by atoms with E-state index in [0.29, 0.717) is 26.4 Å². The minimum Gasteiger partial charge on any atom is -0.498 e. The first kappa shape index (κ1) is 31.5. The third-order valence-corrected chi connectivity index (χ3v) is 7.56. The summed E-state index contributed by atoms with van der Waals surface area (Å²) in [4.78, 5) is 0. The standard InChI is InChI=1S/C39H44O4/c1-7-23-40-25-27-42-37-33(21-19-29(3)35(37)31-15-11-9-12-16-31)39(5,6)34-22-20-30(4)36(32-17-13-10-14-18-32)38(34)43-28-26-41-24-8-2/h7-24H,25-28H2,1-6H3. The van der Waals surface area contributed by atoms with Gasteiger partial charge in [0.15, 0.2) is 0 Å². The predicted molar refractivity (Wildman–Crippen MR) is 178 cm³/mol. The molecule has 0 heterocycles. The van der Waals surface area contributed by atoms with Gasteiger partial charge in [-0.3, -0.25) is 0 Å². The molecule has 4 aromatic carbocycles. The SMILES string of the molecule is CC=COCCOc1c(C(C)(C)c2ccc(C)c(-c3ccccc3)c2OCCOC=CC)ccc(C)c1-c1ccccc1. The van der Waals surface area contributed by atoms with Crippen molar-refractivity contribution in [1.82, 2.24) is 0 Å². The normalized spacial score (nSPS) is 11.7. The molecular formula is C39H44O4. The molecule has 4 aromatic rings. The zero-order valence-corrected chi connectivity index (χ0v) is 26.4. The second-order valence-electron chi connectivity index (χ2n) is 11.0. The number of aryl methyl sites for hydroxylation is 2. The van der Waals surface area contributed by atoms with E-state index in [1.165, 1.54) is 0 Å². The third kappa shape index (κ3) is 7.50. The molecule has 0 aliphatic rings. The first-order valence-electron chi connectivity index (χ1n) is 15.0. The van der Waals surface area contributed by atoms with E-state index in [-0.39, 0.29) is 0 Å². The van der Waals surface area contributed by atoms with Crippen LogP contribution in [0.1, 0.15) is 49.9 Å². The molecule has 0 aromatic heterocycles. The van der Waals surface area contributed by atoms with E-state index in [2.05, 4.69) is 100 Å². The Hall–Kier alpha value is -4.44. The van der Waals surface area contributed by atoms with Crippen LogP contribution < -0.4 is 9.47 Å². The summed E-state index contributed by atoms with van der Waals surface area (Å²) in [5.74, 6) is 1.73. The lowest BCUT2D eigenvalue weighted by molar-refractivity contribution is 0.175. The summed E-state index contributed by atoms with van der Waals surface area (Å²) in [6.07, 6.45) is 7.15. The molecule has 0 saturated heterocycles. The van der Waals surface area contributed by atoms with Gasteiger partial charge in [0.2, 0.25) is 0 Å². The van der Waals surface area contributed by atoms with Crippen molar-refractivity contribution in [2.45, 2.75) is 47.0 Å². The number of hydrogen-bond donors (Lipinski definition) is 0. The first-order chi connectivity index (χ1) is 20.9. The fourth-order valence-electron chi connectivity index (χ4n) is 5.43. The van der Waals surface area contributed by atoms with Gasteiger partial charge >= 0.3 is 0 Å². The summed E-state index contributed by atoms with van der Waals surface area (Å²) >= 11 is 0. The molecule has 4 heteroatoms. The second-order valence-corrected chi connectivity index (χ2v) is 11.0. The minimum atomic E-state index is -0.479. The molecular weight excluding hydrogens is 532 g/mol. The van der Waals surface area contributed by atoms with Crippen LogP contribution in [0.3, 0.4) is 0 Å². The van der Waals surface area contributed by atoms with E-state index in [4.69, 9.17) is 18.9 Å². The van der Waals surface area contributed by atoms with Crippen LogP contribution in [0.4, 0.5) is 0 Å². The highest BCUT2D eigenvalue weighted by atomic mass is 16.5. The lowest BCUT2D eigenvalue weighted by atomic mass is 9.74. The Balaban J connectivity index is 1.89. The van der Waals surface area contributed by atoms with Gasteiger partial charge < -0.3 is 18.9 Å². The quantitative estimate of drug-likeness (QED) is 0.111. The van der Waals surface area contributed by atoms with Gasteiger partial charge in [0.1, 0.15) is 37.9 Å². The third-order valence-electron chi connectivity index (χ3n) is 7.56. The van der Waals surface area contributed by atoms with Crippen molar-refractivity contribution in [2.24, 2.45) is 0 Å². The van der Waals surface area contributed by atoms with Gasteiger partial charge in [0, 0.05) is 27.7 Å². The second kappa shape index (κ2) is 15.2. The average Bonchev–Trinajstić information content (AvgIpc) is 3.01. The Labute approximate surface area is 257 Å². The highest BCUT2D eigenvalue weighted by molar-refractivity contribution is 5.79. The van der Waals surface area contributed by atoms with Crippen LogP contribution in [-0.2, 0) is 14.9 Å². The van der Waals surface area contributed by atoms with E-state index in [0.717, 1.165) is 56.0 Å². The van der Waals surface area contributed by atoms with Gasteiger partial charge in [-0.2, -0.15) is 0 Å². The molecule has 224 valence electrons. The van der Waals surface area contributed by atoms with E-state index >= 15 is 0 Å². The van der Waals surface area contributed by atoms with E-state index < -0.39 is 5.41 Å². The molecule has 0 aliphatic heterocycles. The Morgan fingerprint density at radius 2 is 0.930 bits per heavy atom. The van der Waals surface area contributed by atoms with Crippen LogP contribution in [0.15, 0.2) is 110 Å². The lowest BCUT2D eigenvalue weighted by Crippen LogP contribution is -2.23. The Morgan fingerprint density at radius 3 is 1.30 bits per heavy atom. The molecule has 0 unspecified atom stereocenters. The zero-order valence-electron chi connectivity index (χ0n) is 26.4. The predicted octanol–water partition coefficient (Wildman–Crippen LogP) is 9.82. The van der Waals surface area contributed by atoms with Crippen molar-refractivity contribution in [3.8, 4) is 33.8 Å². The van der Waals surface area contributed by atoms with Crippen molar-refractivity contribution in [3.05, 3.63) is 132 Å². The summed E-state index contributed by atoms with van der Waals surface area (Å²) in [6, 6.07) is 29.7. The molecule has 0 radical (unpaired) electrons. The zero-order chi connectivity index (χ0) is 30.7. The van der Waals surface area contributed by atoms with Crippen LogP contribution in [0.2, 0.25) is 0 Å². The monoisotopic (exact) mass is 576 g/mol. The van der Waals surface area contributed by atoms with Gasteiger partial charge in [0.25, 0.3) is 0 Å². The maximum absolute atomic E-state index is 6.63. The van der Waals surface area contributed by atoms with Crippen LogP contribution >= 0.6 is 0 Å². The molecule has 43 heavy (non-hydrogen) atoms. The van der Waals surface area contributed by atoms with Crippen molar-refractivity contribution in [3.63, 3.8) is 0 Å². The lowest BCUT2D eigenvalue weighted by Gasteiger charge is -2.33. The highest BCUT2D eigenvalue weighted by Crippen LogP contribution is 2.49. The fraction of sp³-hybridized carbons (Fsp3) is 0.282. The topological polar surface area (TPSA) is 36.9 Å². The summed E-state index contributed by atoms with van der Waals surface area (Å²) in [5.41, 5.74) is 8.42. The van der Waals surface area contributed by atoms with Crippen LogP contribution in [-0.4, -0.2) is 26.4 Å². The number of hydrogen-bond acceptors (Lipinski definition) is 4. The van der Waals surface area contributed by atoms with Gasteiger partial charge in [-0.1, -0.05) is 111 Å². The summed E-state index contributed by atoms with van der Waals surface area (Å²) < 4.78 is 24.5. The van der Waals surface area contributed by atoms with Crippen molar-refractivity contribution in [1.29, 1.82) is 0 Å². The highest BCUT2D eigenvalue weighted by Gasteiger charge is 2.33. The molecule has 0 spiro atoms. The summed E-state index contributed by atoms with van der Waals surface area (Å²) in [5, 5.41) is 0. The van der Waals surface area contributed by atoms with E-state index in [9.17, 15) is 0 Å². The van der Waals surface area contributed by atoms with Crippen LogP contribution in [0.25, 0.3) is 22.3 Å². The number of benzene rings is 4. The van der Waals surface area contributed by atoms with E-state index in [1.807, 2.05) is 38.1 Å². The molecule has 0 fully saturated rings. The van der Waals surface area contributed by atoms with Gasteiger partial charge in [-0.05, 0) is 49.9 Å². The molecule has 4 nitrogen and oxygen atoms in total. The molecule has 0 N–H and O–H groups in total. The number of allylic oxidation sites excluding steroid dienone is 2. The average molecular weight is 577 g/mol. The molecule has 0 atom stereocenters. The number of ether oxygens (including phenoxy) is 4. The molecule has 0 saturated carbocycles. The maximum Gasteiger partial charge on any atom is 0.131 e. The van der Waals surface area contributed by atoms with Gasteiger partial charge in [-0.25, -0.2) is 0 Å².